The Hall–Kier alpha value is -2.56. The fourth-order valence-corrected chi connectivity index (χ4v) is 1.43. The van der Waals surface area contributed by atoms with Crippen molar-refractivity contribution in [2.45, 2.75) is 6.92 Å². The van der Waals surface area contributed by atoms with Crippen LogP contribution in [0.4, 0.5) is 22.7 Å². The Morgan fingerprint density at radius 2 is 1.32 bits per heavy atom. The van der Waals surface area contributed by atoms with Gasteiger partial charge < -0.3 is 27.7 Å². The summed E-state index contributed by atoms with van der Waals surface area (Å²) < 4.78 is 4.92. The van der Waals surface area contributed by atoms with Crippen LogP contribution in [0.1, 0.15) is 5.56 Å². The van der Waals surface area contributed by atoms with Crippen LogP contribution in [-0.4, -0.2) is 7.11 Å². The largest absolute Gasteiger partial charge is 0.495 e. The van der Waals surface area contributed by atoms with Crippen molar-refractivity contribution < 1.29 is 4.74 Å². The van der Waals surface area contributed by atoms with Crippen molar-refractivity contribution in [3.8, 4) is 5.75 Å². The van der Waals surface area contributed by atoms with Crippen molar-refractivity contribution in [2.75, 3.05) is 30.0 Å². The Labute approximate surface area is 113 Å². The Balaban J connectivity index is 0.000000191. The summed E-state index contributed by atoms with van der Waals surface area (Å²) in [7, 11) is 1.56. The van der Waals surface area contributed by atoms with E-state index in [1.165, 1.54) is 0 Å². The lowest BCUT2D eigenvalue weighted by molar-refractivity contribution is 0.417. The number of methoxy groups -OCH3 is 1. The Kier molecular flexibility index (Phi) is 4.88. The Morgan fingerprint density at radius 3 is 1.74 bits per heavy atom. The highest BCUT2D eigenvalue weighted by Gasteiger charge is 1.96. The lowest BCUT2D eigenvalue weighted by atomic mass is 10.2. The summed E-state index contributed by atoms with van der Waals surface area (Å²) in [6.07, 6.45) is 0. The van der Waals surface area contributed by atoms with E-state index < -0.39 is 0 Å². The first-order chi connectivity index (χ1) is 8.93. The van der Waals surface area contributed by atoms with E-state index in [1.54, 1.807) is 31.4 Å². The van der Waals surface area contributed by atoms with Gasteiger partial charge in [0.15, 0.2) is 0 Å². The van der Waals surface area contributed by atoms with E-state index in [0.29, 0.717) is 17.1 Å². The Morgan fingerprint density at radius 1 is 0.789 bits per heavy atom. The molecule has 0 fully saturated rings. The first-order valence-corrected chi connectivity index (χ1v) is 5.74. The van der Waals surface area contributed by atoms with Gasteiger partial charge in [0.05, 0.1) is 12.8 Å². The van der Waals surface area contributed by atoms with Gasteiger partial charge in [-0.3, -0.25) is 0 Å². The molecule has 8 N–H and O–H groups in total. The number of rotatable bonds is 1. The first kappa shape index (κ1) is 14.5. The van der Waals surface area contributed by atoms with Crippen LogP contribution < -0.4 is 27.7 Å². The quantitative estimate of drug-likeness (QED) is 0.586. The molecule has 5 nitrogen and oxygen atoms in total. The van der Waals surface area contributed by atoms with Gasteiger partial charge in [0, 0.05) is 23.1 Å². The number of ether oxygens (including phenoxy) is 1. The Bertz CT molecular complexity index is 555. The normalized spacial score (nSPS) is 9.37. The summed E-state index contributed by atoms with van der Waals surface area (Å²) in [6, 6.07) is 10.6. The van der Waals surface area contributed by atoms with Crippen LogP contribution >= 0.6 is 0 Å². The van der Waals surface area contributed by atoms with Crippen molar-refractivity contribution >= 4 is 22.7 Å². The number of nitrogen functional groups attached to an aromatic ring is 4. The summed E-state index contributed by atoms with van der Waals surface area (Å²) in [4.78, 5) is 0. The lowest BCUT2D eigenvalue weighted by Gasteiger charge is -2.03. The van der Waals surface area contributed by atoms with Crippen molar-refractivity contribution in [1.29, 1.82) is 0 Å². The second-order valence-electron chi connectivity index (χ2n) is 4.12. The molecule has 0 aliphatic rings. The van der Waals surface area contributed by atoms with Crippen molar-refractivity contribution in [2.24, 2.45) is 0 Å². The minimum atomic E-state index is 0.608. The average molecular weight is 260 g/mol. The molecule has 0 aromatic heterocycles. The van der Waals surface area contributed by atoms with Gasteiger partial charge in [0.25, 0.3) is 0 Å². The molecule has 0 bridgehead atoms. The molecule has 2 aromatic carbocycles. The molecule has 5 heteroatoms. The zero-order valence-electron chi connectivity index (χ0n) is 11.2. The van der Waals surface area contributed by atoms with Gasteiger partial charge in [-0.05, 0) is 42.8 Å². The van der Waals surface area contributed by atoms with E-state index in [4.69, 9.17) is 27.7 Å². The van der Waals surface area contributed by atoms with E-state index in [9.17, 15) is 0 Å². The number of anilines is 4. The highest BCUT2D eigenvalue weighted by molar-refractivity contribution is 5.59. The second kappa shape index (κ2) is 6.39. The summed E-state index contributed by atoms with van der Waals surface area (Å²) in [6.45, 7) is 1.94. The van der Waals surface area contributed by atoms with E-state index in [-0.39, 0.29) is 0 Å². The highest BCUT2D eigenvalue weighted by atomic mass is 16.5. The minimum absolute atomic E-state index is 0.608. The van der Waals surface area contributed by atoms with Gasteiger partial charge in [-0.2, -0.15) is 0 Å². The summed E-state index contributed by atoms with van der Waals surface area (Å²) >= 11 is 0. The van der Waals surface area contributed by atoms with Gasteiger partial charge in [-0.25, -0.2) is 0 Å². The zero-order valence-corrected chi connectivity index (χ0v) is 11.2. The number of aryl methyl sites for hydroxylation is 1. The molecule has 2 rings (SSSR count). The molecule has 19 heavy (non-hydrogen) atoms. The van der Waals surface area contributed by atoms with Crippen LogP contribution in [0.5, 0.6) is 5.75 Å². The third-order valence-electron chi connectivity index (χ3n) is 2.55. The van der Waals surface area contributed by atoms with Gasteiger partial charge in [-0.1, -0.05) is 0 Å². The van der Waals surface area contributed by atoms with E-state index in [2.05, 4.69) is 0 Å². The maximum Gasteiger partial charge on any atom is 0.143 e. The number of benzene rings is 2. The molecule has 0 aliphatic heterocycles. The predicted octanol–water partition coefficient (Wildman–Crippen LogP) is 2.02. The van der Waals surface area contributed by atoms with Crippen LogP contribution in [0.3, 0.4) is 0 Å². The lowest BCUT2D eigenvalue weighted by Crippen LogP contribution is -1.93. The molecule has 0 spiro atoms. The molecule has 0 atom stereocenters. The number of hydrogen-bond donors (Lipinski definition) is 4. The standard InChI is InChI=1S/C7H10N2O.C7H10N2/c1-10-7-4-5(8)2-3-6(7)9;1-5-4-6(8)2-3-7(5)9/h2-4H,8-9H2,1H3;2-4H,8-9H2,1H3. The number of nitrogens with two attached hydrogens (primary N) is 4. The molecule has 0 saturated carbocycles. The summed E-state index contributed by atoms with van der Waals surface area (Å²) in [5.74, 6) is 0.625. The monoisotopic (exact) mass is 260 g/mol. The molecule has 0 amide bonds. The predicted molar refractivity (Wildman–Crippen MR) is 81.8 cm³/mol. The minimum Gasteiger partial charge on any atom is -0.495 e. The van der Waals surface area contributed by atoms with Gasteiger partial charge >= 0.3 is 0 Å². The molecule has 0 unspecified atom stereocenters. The second-order valence-corrected chi connectivity index (χ2v) is 4.12. The van der Waals surface area contributed by atoms with Crippen LogP contribution in [0.15, 0.2) is 36.4 Å². The van der Waals surface area contributed by atoms with E-state index >= 15 is 0 Å². The maximum atomic E-state index is 5.53. The fourth-order valence-electron chi connectivity index (χ4n) is 1.43. The molecule has 0 saturated heterocycles. The smallest absolute Gasteiger partial charge is 0.143 e. The molecule has 102 valence electrons. The van der Waals surface area contributed by atoms with Crippen LogP contribution in [0.25, 0.3) is 0 Å². The highest BCUT2D eigenvalue weighted by Crippen LogP contribution is 2.22. The van der Waals surface area contributed by atoms with Crippen molar-refractivity contribution in [3.63, 3.8) is 0 Å². The SMILES string of the molecule is COc1cc(N)ccc1N.Cc1cc(N)ccc1N. The molecule has 2 aromatic rings. The van der Waals surface area contributed by atoms with Gasteiger partial charge in [0.2, 0.25) is 0 Å². The van der Waals surface area contributed by atoms with Gasteiger partial charge in [0.1, 0.15) is 5.75 Å². The molecule has 0 heterocycles. The molecular formula is C14H20N4O. The van der Waals surface area contributed by atoms with Crippen LogP contribution in [0, 0.1) is 6.92 Å². The first-order valence-electron chi connectivity index (χ1n) is 5.74. The summed E-state index contributed by atoms with van der Waals surface area (Å²) in [5, 5.41) is 0. The molecule has 0 aliphatic carbocycles. The molecule has 0 radical (unpaired) electrons. The maximum absolute atomic E-state index is 5.53. The zero-order chi connectivity index (χ0) is 14.4. The van der Waals surface area contributed by atoms with Crippen LogP contribution in [-0.2, 0) is 0 Å². The fraction of sp³-hybridized carbons (Fsp3) is 0.143. The third-order valence-corrected chi connectivity index (χ3v) is 2.55. The number of hydrogen-bond acceptors (Lipinski definition) is 5. The topological polar surface area (TPSA) is 113 Å². The summed E-state index contributed by atoms with van der Waals surface area (Å²) in [5.41, 5.74) is 25.9. The van der Waals surface area contributed by atoms with Crippen LogP contribution in [0.2, 0.25) is 0 Å². The van der Waals surface area contributed by atoms with E-state index in [1.807, 2.05) is 19.1 Å². The van der Waals surface area contributed by atoms with E-state index in [0.717, 1.165) is 16.9 Å². The average Bonchev–Trinajstić information content (AvgIpc) is 2.38. The van der Waals surface area contributed by atoms with Gasteiger partial charge in [-0.15, -0.1) is 0 Å². The van der Waals surface area contributed by atoms with Crippen molar-refractivity contribution in [3.05, 3.63) is 42.0 Å². The van der Waals surface area contributed by atoms with Crippen molar-refractivity contribution in [1.82, 2.24) is 0 Å². The molecular weight excluding hydrogens is 240 g/mol. The third kappa shape index (κ3) is 4.31.